The molecule has 19 heavy (non-hydrogen) atoms. The van der Waals surface area contributed by atoms with E-state index in [9.17, 15) is 0 Å². The van der Waals surface area contributed by atoms with Crippen LogP contribution in [0.5, 0.6) is 0 Å². The Bertz CT molecular complexity index is 576. The van der Waals surface area contributed by atoms with E-state index < -0.39 is 0 Å². The Kier molecular flexibility index (Phi) is 4.49. The van der Waals surface area contributed by atoms with Crippen molar-refractivity contribution in [3.05, 3.63) is 22.2 Å². The van der Waals surface area contributed by atoms with E-state index in [-0.39, 0.29) is 0 Å². The summed E-state index contributed by atoms with van der Waals surface area (Å²) in [5.74, 6) is 1.53. The molecule has 0 radical (unpaired) electrons. The van der Waals surface area contributed by atoms with Crippen LogP contribution in [0.25, 0.3) is 0 Å². The Labute approximate surface area is 121 Å². The second-order valence-corrected chi connectivity index (χ2v) is 5.41. The molecular weight excluding hydrogens is 284 g/mol. The van der Waals surface area contributed by atoms with E-state index >= 15 is 0 Å². The summed E-state index contributed by atoms with van der Waals surface area (Å²) >= 11 is 7.81. The van der Waals surface area contributed by atoms with Crippen LogP contribution >= 0.6 is 23.4 Å². The fraction of sp³-hybridized carbons (Fsp3) is 0.545. The number of halogens is 1. The van der Waals surface area contributed by atoms with Gasteiger partial charge in [0.05, 0.1) is 12.2 Å². The molecule has 2 aromatic heterocycles. The summed E-state index contributed by atoms with van der Waals surface area (Å²) in [5, 5.41) is 14.1. The molecule has 0 atom stereocenters. The predicted molar refractivity (Wildman–Crippen MR) is 76.1 cm³/mol. The second kappa shape index (κ2) is 5.94. The zero-order valence-corrected chi connectivity index (χ0v) is 12.8. The SMILES string of the molecule is CCn1c(CN)nnc1SCc1c(C)nn(C)c1Cl. The summed E-state index contributed by atoms with van der Waals surface area (Å²) in [6.45, 7) is 5.21. The first-order valence-electron chi connectivity index (χ1n) is 6.01. The zero-order valence-electron chi connectivity index (χ0n) is 11.2. The first-order valence-corrected chi connectivity index (χ1v) is 7.37. The lowest BCUT2D eigenvalue weighted by Crippen LogP contribution is -2.08. The highest BCUT2D eigenvalue weighted by molar-refractivity contribution is 7.98. The van der Waals surface area contributed by atoms with Crippen molar-refractivity contribution in [2.45, 2.75) is 37.8 Å². The Morgan fingerprint density at radius 2 is 2.11 bits per heavy atom. The van der Waals surface area contributed by atoms with Crippen LogP contribution in [0, 0.1) is 6.92 Å². The predicted octanol–water partition coefficient (Wildman–Crippen LogP) is 1.74. The number of aromatic nitrogens is 5. The summed E-state index contributed by atoms with van der Waals surface area (Å²) in [6, 6.07) is 0. The molecule has 0 saturated heterocycles. The molecule has 0 aromatic carbocycles. The number of hydrogen-bond acceptors (Lipinski definition) is 5. The molecule has 2 N–H and O–H groups in total. The van der Waals surface area contributed by atoms with Gasteiger partial charge in [-0.3, -0.25) is 4.68 Å². The summed E-state index contributed by atoms with van der Waals surface area (Å²) in [7, 11) is 1.84. The number of thioether (sulfide) groups is 1. The highest BCUT2D eigenvalue weighted by Crippen LogP contribution is 2.27. The first-order chi connectivity index (χ1) is 9.08. The van der Waals surface area contributed by atoms with Crippen molar-refractivity contribution < 1.29 is 0 Å². The molecule has 0 aliphatic carbocycles. The minimum absolute atomic E-state index is 0.397. The van der Waals surface area contributed by atoms with Gasteiger partial charge in [0.25, 0.3) is 0 Å². The van der Waals surface area contributed by atoms with Crippen LogP contribution in [0.1, 0.15) is 24.0 Å². The maximum Gasteiger partial charge on any atom is 0.191 e. The molecule has 0 unspecified atom stereocenters. The molecule has 8 heteroatoms. The molecule has 2 rings (SSSR count). The van der Waals surface area contributed by atoms with Gasteiger partial charge in [-0.15, -0.1) is 10.2 Å². The third-order valence-electron chi connectivity index (χ3n) is 2.91. The van der Waals surface area contributed by atoms with Crippen LogP contribution < -0.4 is 5.73 Å². The first kappa shape index (κ1) is 14.4. The third-order valence-corrected chi connectivity index (χ3v) is 4.37. The van der Waals surface area contributed by atoms with E-state index in [0.717, 1.165) is 34.5 Å². The highest BCUT2D eigenvalue weighted by Gasteiger charge is 2.15. The van der Waals surface area contributed by atoms with E-state index in [0.29, 0.717) is 11.7 Å². The van der Waals surface area contributed by atoms with Gasteiger partial charge >= 0.3 is 0 Å². The van der Waals surface area contributed by atoms with Crippen molar-refractivity contribution in [2.24, 2.45) is 12.8 Å². The van der Waals surface area contributed by atoms with Gasteiger partial charge in [0, 0.05) is 24.9 Å². The van der Waals surface area contributed by atoms with Crippen LogP contribution in [0.3, 0.4) is 0 Å². The molecule has 0 bridgehead atoms. The van der Waals surface area contributed by atoms with Gasteiger partial charge in [-0.05, 0) is 13.8 Å². The van der Waals surface area contributed by atoms with Crippen molar-refractivity contribution in [1.29, 1.82) is 0 Å². The molecule has 0 aliphatic heterocycles. The lowest BCUT2D eigenvalue weighted by Gasteiger charge is -2.05. The van der Waals surface area contributed by atoms with Crippen molar-refractivity contribution in [3.63, 3.8) is 0 Å². The van der Waals surface area contributed by atoms with Gasteiger partial charge in [0.15, 0.2) is 5.16 Å². The largest absolute Gasteiger partial charge is 0.324 e. The molecule has 104 valence electrons. The number of nitrogens with zero attached hydrogens (tertiary/aromatic N) is 5. The van der Waals surface area contributed by atoms with E-state index in [1.807, 2.05) is 18.5 Å². The van der Waals surface area contributed by atoms with Crippen molar-refractivity contribution >= 4 is 23.4 Å². The third kappa shape index (κ3) is 2.77. The molecule has 0 spiro atoms. The van der Waals surface area contributed by atoms with Gasteiger partial charge < -0.3 is 10.3 Å². The van der Waals surface area contributed by atoms with Gasteiger partial charge in [-0.25, -0.2) is 0 Å². The van der Waals surface area contributed by atoms with Crippen molar-refractivity contribution in [2.75, 3.05) is 0 Å². The lowest BCUT2D eigenvalue weighted by molar-refractivity contribution is 0.643. The number of rotatable bonds is 5. The topological polar surface area (TPSA) is 74.6 Å². The maximum atomic E-state index is 6.21. The Morgan fingerprint density at radius 1 is 1.37 bits per heavy atom. The number of hydrogen-bond donors (Lipinski definition) is 1. The standard InChI is InChI=1S/C11H17ClN6S/c1-4-18-9(5-13)14-15-11(18)19-6-8-7(2)16-17(3)10(8)12/h4-6,13H2,1-3H3. The van der Waals surface area contributed by atoms with Crippen molar-refractivity contribution in [3.8, 4) is 0 Å². The van der Waals surface area contributed by atoms with Crippen LogP contribution in [0.15, 0.2) is 5.16 Å². The molecule has 2 aromatic rings. The van der Waals surface area contributed by atoms with Gasteiger partial charge in [0.1, 0.15) is 11.0 Å². The van der Waals surface area contributed by atoms with Gasteiger partial charge in [0.2, 0.25) is 0 Å². The molecule has 0 aliphatic rings. The van der Waals surface area contributed by atoms with E-state index in [1.54, 1.807) is 16.4 Å². The normalized spacial score (nSPS) is 11.2. The second-order valence-electron chi connectivity index (χ2n) is 4.11. The smallest absolute Gasteiger partial charge is 0.191 e. The molecule has 0 fully saturated rings. The number of nitrogens with two attached hydrogens (primary N) is 1. The molecular formula is C11H17ClN6S. The summed E-state index contributed by atoms with van der Waals surface area (Å²) in [6.07, 6.45) is 0. The Balaban J connectivity index is 2.16. The average molecular weight is 301 g/mol. The zero-order chi connectivity index (χ0) is 14.0. The highest BCUT2D eigenvalue weighted by atomic mass is 35.5. The summed E-state index contributed by atoms with van der Waals surface area (Å²) < 4.78 is 3.70. The lowest BCUT2D eigenvalue weighted by atomic mass is 10.3. The fourth-order valence-electron chi connectivity index (χ4n) is 1.87. The molecule has 0 amide bonds. The summed E-state index contributed by atoms with van der Waals surface area (Å²) in [5.41, 5.74) is 7.61. The van der Waals surface area contributed by atoms with E-state index in [4.69, 9.17) is 17.3 Å². The Morgan fingerprint density at radius 3 is 2.63 bits per heavy atom. The fourth-order valence-corrected chi connectivity index (χ4v) is 3.30. The van der Waals surface area contributed by atoms with Gasteiger partial charge in [-0.1, -0.05) is 23.4 Å². The summed E-state index contributed by atoms with van der Waals surface area (Å²) in [4.78, 5) is 0. The van der Waals surface area contributed by atoms with Crippen LogP contribution in [-0.2, 0) is 25.9 Å². The molecule has 2 heterocycles. The maximum absolute atomic E-state index is 6.21. The monoisotopic (exact) mass is 300 g/mol. The van der Waals surface area contributed by atoms with E-state index in [2.05, 4.69) is 22.2 Å². The van der Waals surface area contributed by atoms with E-state index in [1.165, 1.54) is 0 Å². The van der Waals surface area contributed by atoms with Crippen LogP contribution in [-0.4, -0.2) is 24.5 Å². The van der Waals surface area contributed by atoms with Crippen LogP contribution in [0.4, 0.5) is 0 Å². The minimum atomic E-state index is 0.397. The minimum Gasteiger partial charge on any atom is -0.324 e. The van der Waals surface area contributed by atoms with Crippen molar-refractivity contribution in [1.82, 2.24) is 24.5 Å². The molecule has 6 nitrogen and oxygen atoms in total. The quantitative estimate of drug-likeness (QED) is 0.851. The molecule has 0 saturated carbocycles. The Hall–Kier alpha value is -1.05. The van der Waals surface area contributed by atoms with Crippen LogP contribution in [0.2, 0.25) is 5.15 Å². The van der Waals surface area contributed by atoms with Gasteiger partial charge in [-0.2, -0.15) is 5.10 Å². The number of aryl methyl sites for hydroxylation is 2. The average Bonchev–Trinajstić information content (AvgIpc) is 2.89.